The molecule has 8 heteroatoms. The van der Waals surface area contributed by atoms with E-state index in [4.69, 9.17) is 19.7 Å². The van der Waals surface area contributed by atoms with Crippen LogP contribution in [0.5, 0.6) is 0 Å². The number of hydrogen-bond donors (Lipinski definition) is 2. The summed E-state index contributed by atoms with van der Waals surface area (Å²) < 4.78 is 9.77. The molecule has 0 unspecified atom stereocenters. The molecule has 24 heavy (non-hydrogen) atoms. The van der Waals surface area contributed by atoms with Crippen molar-refractivity contribution < 1.29 is 38.9 Å². The molecule has 0 aromatic heterocycles. The van der Waals surface area contributed by atoms with Gasteiger partial charge in [-0.2, -0.15) is 0 Å². The van der Waals surface area contributed by atoms with Gasteiger partial charge in [0.2, 0.25) is 0 Å². The van der Waals surface area contributed by atoms with Crippen LogP contribution in [0.1, 0.15) is 31.7 Å². The van der Waals surface area contributed by atoms with E-state index in [-0.39, 0.29) is 13.2 Å². The standard InChI is InChI=1S/C13H16O4.C3H4O4/c1-3-16-12(14)11(13(15)17-4-2)10-8-6-5-7-9-10;4-2(5)1-3(6)7/h5-9,11H,3-4H2,1-2H3;1H2,(H,4,5)(H,6,7). The van der Waals surface area contributed by atoms with E-state index in [2.05, 4.69) is 0 Å². The summed E-state index contributed by atoms with van der Waals surface area (Å²) in [5, 5.41) is 15.4. The van der Waals surface area contributed by atoms with Crippen LogP contribution in [0, 0.1) is 0 Å². The van der Waals surface area contributed by atoms with E-state index in [0.29, 0.717) is 5.56 Å². The van der Waals surface area contributed by atoms with Crippen LogP contribution in [0.2, 0.25) is 0 Å². The van der Waals surface area contributed by atoms with Gasteiger partial charge in [-0.15, -0.1) is 0 Å². The van der Waals surface area contributed by atoms with Crippen molar-refractivity contribution in [1.29, 1.82) is 0 Å². The maximum absolute atomic E-state index is 11.7. The molecule has 1 aromatic rings. The zero-order chi connectivity index (χ0) is 18.5. The fourth-order valence-electron chi connectivity index (χ4n) is 1.59. The monoisotopic (exact) mass is 340 g/mol. The third-order valence-corrected chi connectivity index (χ3v) is 2.48. The first kappa shape index (κ1) is 21.1. The van der Waals surface area contributed by atoms with E-state index in [0.717, 1.165) is 0 Å². The van der Waals surface area contributed by atoms with Crippen LogP contribution >= 0.6 is 0 Å². The minimum absolute atomic E-state index is 0.238. The Labute approximate surface area is 139 Å². The van der Waals surface area contributed by atoms with Gasteiger partial charge in [0.05, 0.1) is 13.2 Å². The highest BCUT2D eigenvalue weighted by Gasteiger charge is 2.30. The first-order valence-electron chi connectivity index (χ1n) is 7.15. The Morgan fingerprint density at radius 1 is 0.875 bits per heavy atom. The second kappa shape index (κ2) is 11.6. The summed E-state index contributed by atoms with van der Waals surface area (Å²) in [5.41, 5.74) is 0.587. The smallest absolute Gasteiger partial charge is 0.324 e. The largest absolute Gasteiger partial charge is 0.481 e. The van der Waals surface area contributed by atoms with Gasteiger partial charge >= 0.3 is 23.9 Å². The summed E-state index contributed by atoms with van der Waals surface area (Å²) >= 11 is 0. The molecule has 0 spiro atoms. The third kappa shape index (κ3) is 8.52. The molecule has 0 saturated carbocycles. The van der Waals surface area contributed by atoms with Crippen molar-refractivity contribution in [3.05, 3.63) is 35.9 Å². The molecular formula is C16H20O8. The molecule has 2 N–H and O–H groups in total. The van der Waals surface area contributed by atoms with Crippen LogP contribution in [0.4, 0.5) is 0 Å². The van der Waals surface area contributed by atoms with Crippen LogP contribution in [-0.2, 0) is 28.7 Å². The first-order valence-corrected chi connectivity index (χ1v) is 7.15. The molecule has 1 rings (SSSR count). The lowest BCUT2D eigenvalue weighted by atomic mass is 9.99. The van der Waals surface area contributed by atoms with Crippen molar-refractivity contribution in [2.45, 2.75) is 26.2 Å². The van der Waals surface area contributed by atoms with Crippen molar-refractivity contribution in [2.75, 3.05) is 13.2 Å². The van der Waals surface area contributed by atoms with E-state index in [1.165, 1.54) is 0 Å². The van der Waals surface area contributed by atoms with Gasteiger partial charge in [-0.1, -0.05) is 30.3 Å². The van der Waals surface area contributed by atoms with Crippen LogP contribution in [-0.4, -0.2) is 47.3 Å². The van der Waals surface area contributed by atoms with E-state index >= 15 is 0 Å². The lowest BCUT2D eigenvalue weighted by Crippen LogP contribution is -2.26. The molecule has 0 fully saturated rings. The summed E-state index contributed by atoms with van der Waals surface area (Å²) in [6.07, 6.45) is -0.806. The average molecular weight is 340 g/mol. The number of carboxylic acid groups (broad SMARTS) is 2. The molecule has 0 heterocycles. The van der Waals surface area contributed by atoms with Gasteiger partial charge in [0.1, 0.15) is 6.42 Å². The Hall–Kier alpha value is -2.90. The molecule has 1 aromatic carbocycles. The van der Waals surface area contributed by atoms with E-state index in [9.17, 15) is 19.2 Å². The number of esters is 2. The van der Waals surface area contributed by atoms with Crippen molar-refractivity contribution in [3.8, 4) is 0 Å². The van der Waals surface area contributed by atoms with Crippen molar-refractivity contribution in [2.24, 2.45) is 0 Å². The van der Waals surface area contributed by atoms with Gasteiger partial charge in [-0.25, -0.2) is 0 Å². The average Bonchev–Trinajstić information content (AvgIpc) is 2.48. The maximum atomic E-state index is 11.7. The highest BCUT2D eigenvalue weighted by molar-refractivity contribution is 6.00. The van der Waals surface area contributed by atoms with Crippen molar-refractivity contribution >= 4 is 23.9 Å². The summed E-state index contributed by atoms with van der Waals surface area (Å²) in [5.74, 6) is -4.76. The van der Waals surface area contributed by atoms with Gasteiger partial charge in [-0.05, 0) is 19.4 Å². The number of aliphatic carboxylic acids is 2. The van der Waals surface area contributed by atoms with E-state index in [1.807, 2.05) is 6.07 Å². The van der Waals surface area contributed by atoms with Gasteiger partial charge in [0, 0.05) is 0 Å². The minimum atomic E-state index is -1.31. The minimum Gasteiger partial charge on any atom is -0.481 e. The molecule has 0 aliphatic rings. The zero-order valence-corrected chi connectivity index (χ0v) is 13.4. The number of rotatable bonds is 7. The van der Waals surface area contributed by atoms with Crippen molar-refractivity contribution in [3.63, 3.8) is 0 Å². The summed E-state index contributed by atoms with van der Waals surface area (Å²) in [7, 11) is 0. The molecule has 132 valence electrons. The Morgan fingerprint density at radius 3 is 1.58 bits per heavy atom. The molecular weight excluding hydrogens is 320 g/mol. The normalized spacial score (nSPS) is 9.46. The second-order valence-electron chi connectivity index (χ2n) is 4.31. The molecule has 0 atom stereocenters. The van der Waals surface area contributed by atoms with Crippen LogP contribution in [0.25, 0.3) is 0 Å². The Kier molecular flexibility index (Phi) is 10.2. The van der Waals surface area contributed by atoms with Crippen LogP contribution in [0.3, 0.4) is 0 Å². The van der Waals surface area contributed by atoms with Gasteiger partial charge < -0.3 is 19.7 Å². The highest BCUT2D eigenvalue weighted by atomic mass is 16.6. The summed E-state index contributed by atoms with van der Waals surface area (Å²) in [4.78, 5) is 42.3. The van der Waals surface area contributed by atoms with E-state index in [1.54, 1.807) is 38.1 Å². The Bertz CT molecular complexity index is 522. The number of carbonyl (C=O) groups excluding carboxylic acids is 2. The summed E-state index contributed by atoms with van der Waals surface area (Å²) in [6, 6.07) is 8.76. The number of carbonyl (C=O) groups is 4. The highest BCUT2D eigenvalue weighted by Crippen LogP contribution is 2.19. The SMILES string of the molecule is CCOC(=O)C(C(=O)OCC)c1ccccc1.O=C(O)CC(=O)O. The van der Waals surface area contributed by atoms with Gasteiger partial charge in [0.25, 0.3) is 0 Å². The molecule has 8 nitrogen and oxygen atoms in total. The molecule has 0 saturated heterocycles. The fraction of sp³-hybridized carbons (Fsp3) is 0.375. The molecule has 0 radical (unpaired) electrons. The summed E-state index contributed by atoms with van der Waals surface area (Å²) in [6.45, 7) is 3.87. The second-order valence-corrected chi connectivity index (χ2v) is 4.31. The Balaban J connectivity index is 0.000000640. The first-order chi connectivity index (χ1) is 11.3. The quantitative estimate of drug-likeness (QED) is 0.564. The topological polar surface area (TPSA) is 127 Å². The molecule has 0 aliphatic heterocycles. The lowest BCUT2D eigenvalue weighted by molar-refractivity contribution is -0.157. The zero-order valence-electron chi connectivity index (χ0n) is 13.4. The maximum Gasteiger partial charge on any atom is 0.324 e. The van der Waals surface area contributed by atoms with Crippen LogP contribution in [0.15, 0.2) is 30.3 Å². The predicted octanol–water partition coefficient (Wildman–Crippen LogP) is 1.44. The number of carboxylic acids is 2. The van der Waals surface area contributed by atoms with Crippen molar-refractivity contribution in [1.82, 2.24) is 0 Å². The third-order valence-electron chi connectivity index (χ3n) is 2.48. The van der Waals surface area contributed by atoms with Crippen LogP contribution < -0.4 is 0 Å². The number of benzene rings is 1. The Morgan fingerprint density at radius 2 is 1.29 bits per heavy atom. The number of ether oxygens (including phenoxy) is 2. The predicted molar refractivity (Wildman–Crippen MR) is 82.3 cm³/mol. The molecule has 0 aliphatic carbocycles. The lowest BCUT2D eigenvalue weighted by Gasteiger charge is -2.14. The van der Waals surface area contributed by atoms with E-state index < -0.39 is 36.2 Å². The van der Waals surface area contributed by atoms with Gasteiger partial charge in [-0.3, -0.25) is 19.2 Å². The molecule has 0 bridgehead atoms. The molecule has 0 amide bonds. The number of hydrogen-bond acceptors (Lipinski definition) is 6. The fourth-order valence-corrected chi connectivity index (χ4v) is 1.59. The van der Waals surface area contributed by atoms with Gasteiger partial charge in [0.15, 0.2) is 5.92 Å².